The van der Waals surface area contributed by atoms with E-state index < -0.39 is 23.5 Å². The Morgan fingerprint density at radius 2 is 1.79 bits per heavy atom. The normalized spacial score (nSPS) is 18.6. The van der Waals surface area contributed by atoms with Gasteiger partial charge in [-0.3, -0.25) is 14.5 Å². The number of aryl methyl sites for hydroxylation is 1. The highest BCUT2D eigenvalue weighted by Crippen LogP contribution is 2.42. The molecule has 0 radical (unpaired) electrons. The summed E-state index contributed by atoms with van der Waals surface area (Å²) >= 11 is 1.20. The molecular weight excluding hydrogens is 379 g/mol. The first kappa shape index (κ1) is 18.1. The number of hydrogen-bond donors (Lipinski definition) is 1. The number of thiazole rings is 1. The van der Waals surface area contributed by atoms with Crippen LogP contribution in [0.25, 0.3) is 5.76 Å². The minimum Gasteiger partial charge on any atom is -0.507 e. The Hall–Kier alpha value is -3.32. The van der Waals surface area contributed by atoms with Crippen molar-refractivity contribution >= 4 is 33.9 Å². The van der Waals surface area contributed by atoms with Crippen LogP contribution in [0.15, 0.2) is 65.7 Å². The first-order valence-corrected chi connectivity index (χ1v) is 9.38. The van der Waals surface area contributed by atoms with Crippen LogP contribution in [-0.2, 0) is 9.59 Å². The lowest BCUT2D eigenvalue weighted by atomic mass is 9.95. The van der Waals surface area contributed by atoms with Crippen molar-refractivity contribution < 1.29 is 19.1 Å². The zero-order valence-electron chi connectivity index (χ0n) is 14.8. The Labute approximate surface area is 164 Å². The van der Waals surface area contributed by atoms with Crippen molar-refractivity contribution in [2.24, 2.45) is 0 Å². The largest absolute Gasteiger partial charge is 0.507 e. The fourth-order valence-corrected chi connectivity index (χ4v) is 3.86. The van der Waals surface area contributed by atoms with E-state index in [1.165, 1.54) is 46.7 Å². The van der Waals surface area contributed by atoms with Gasteiger partial charge in [0.2, 0.25) is 0 Å². The van der Waals surface area contributed by atoms with Crippen molar-refractivity contribution in [3.8, 4) is 0 Å². The van der Waals surface area contributed by atoms with E-state index in [1.807, 2.05) is 6.92 Å². The number of anilines is 1. The maximum atomic E-state index is 13.4. The van der Waals surface area contributed by atoms with Crippen molar-refractivity contribution in [2.45, 2.75) is 13.0 Å². The number of aliphatic hydroxyl groups is 1. The molecule has 28 heavy (non-hydrogen) atoms. The molecule has 0 spiro atoms. The molecule has 2 aromatic carbocycles. The van der Waals surface area contributed by atoms with Gasteiger partial charge in [0.15, 0.2) is 5.13 Å². The van der Waals surface area contributed by atoms with Gasteiger partial charge in [-0.05, 0) is 24.6 Å². The highest BCUT2D eigenvalue weighted by Gasteiger charge is 2.47. The summed E-state index contributed by atoms with van der Waals surface area (Å²) in [6, 6.07) is 11.6. The van der Waals surface area contributed by atoms with Crippen LogP contribution in [0, 0.1) is 12.7 Å². The van der Waals surface area contributed by atoms with E-state index in [-0.39, 0.29) is 11.3 Å². The number of rotatable bonds is 3. The molecule has 1 aliphatic rings. The molecule has 0 aliphatic carbocycles. The Morgan fingerprint density at radius 3 is 2.39 bits per heavy atom. The monoisotopic (exact) mass is 394 g/mol. The number of benzene rings is 2. The second kappa shape index (κ2) is 7.01. The number of aromatic nitrogens is 1. The first-order valence-electron chi connectivity index (χ1n) is 8.50. The molecule has 1 aliphatic heterocycles. The lowest BCUT2D eigenvalue weighted by Gasteiger charge is -2.22. The molecule has 1 N–H and O–H groups in total. The average molecular weight is 394 g/mol. The molecule has 5 nitrogen and oxygen atoms in total. The minimum absolute atomic E-state index is 0.0457. The van der Waals surface area contributed by atoms with Crippen LogP contribution in [0.1, 0.15) is 22.7 Å². The first-order chi connectivity index (χ1) is 13.5. The molecule has 1 amide bonds. The van der Waals surface area contributed by atoms with Crippen LogP contribution in [0.4, 0.5) is 9.52 Å². The van der Waals surface area contributed by atoms with Crippen LogP contribution < -0.4 is 4.90 Å². The molecule has 1 atom stereocenters. The van der Waals surface area contributed by atoms with Gasteiger partial charge in [-0.1, -0.05) is 42.0 Å². The standard InChI is InChI=1S/C21H15FN2O3S/c1-12-2-4-14(5-3-12)18(25)16-17(13-6-8-15(22)9-7-13)24(20(27)19(16)26)21-23-10-11-28-21/h2-11,17,25H,1H3. The second-order valence-corrected chi connectivity index (χ2v) is 7.27. The number of amides is 1. The maximum Gasteiger partial charge on any atom is 0.301 e. The summed E-state index contributed by atoms with van der Waals surface area (Å²) in [5.41, 5.74) is 1.88. The molecule has 7 heteroatoms. The van der Waals surface area contributed by atoms with Gasteiger partial charge >= 0.3 is 5.91 Å². The third kappa shape index (κ3) is 2.99. The van der Waals surface area contributed by atoms with E-state index >= 15 is 0 Å². The SMILES string of the molecule is Cc1ccc(C(O)=C2C(=O)C(=O)N(c3nccs3)C2c2ccc(F)cc2)cc1. The number of hydrogen-bond acceptors (Lipinski definition) is 5. The fraction of sp³-hybridized carbons (Fsp3) is 0.0952. The van der Waals surface area contributed by atoms with Gasteiger partial charge in [0.05, 0.1) is 11.6 Å². The van der Waals surface area contributed by atoms with Gasteiger partial charge in [-0.25, -0.2) is 9.37 Å². The molecule has 2 heterocycles. The van der Waals surface area contributed by atoms with Gasteiger partial charge in [-0.2, -0.15) is 0 Å². The topological polar surface area (TPSA) is 70.5 Å². The van der Waals surface area contributed by atoms with E-state index in [1.54, 1.807) is 29.6 Å². The van der Waals surface area contributed by atoms with E-state index in [2.05, 4.69) is 4.98 Å². The minimum atomic E-state index is -0.895. The van der Waals surface area contributed by atoms with Gasteiger partial charge < -0.3 is 5.11 Å². The van der Waals surface area contributed by atoms with E-state index in [0.29, 0.717) is 16.3 Å². The highest BCUT2D eigenvalue weighted by molar-refractivity contribution is 7.14. The number of ketones is 1. The summed E-state index contributed by atoms with van der Waals surface area (Å²) in [7, 11) is 0. The molecule has 1 aromatic heterocycles. The molecule has 1 saturated heterocycles. The number of carbonyl (C=O) groups excluding carboxylic acids is 2. The Balaban J connectivity index is 1.93. The summed E-state index contributed by atoms with van der Waals surface area (Å²) < 4.78 is 13.4. The molecule has 140 valence electrons. The van der Waals surface area contributed by atoms with Crippen molar-refractivity contribution in [3.63, 3.8) is 0 Å². The Kier molecular flexibility index (Phi) is 4.52. The highest BCUT2D eigenvalue weighted by atomic mass is 32.1. The van der Waals surface area contributed by atoms with Gasteiger partial charge in [0, 0.05) is 17.1 Å². The van der Waals surface area contributed by atoms with Crippen molar-refractivity contribution in [1.82, 2.24) is 4.98 Å². The Bertz CT molecular complexity index is 1070. The second-order valence-electron chi connectivity index (χ2n) is 6.40. The zero-order valence-corrected chi connectivity index (χ0v) is 15.6. The number of carbonyl (C=O) groups is 2. The van der Waals surface area contributed by atoms with Crippen LogP contribution in [0.2, 0.25) is 0 Å². The zero-order chi connectivity index (χ0) is 19.8. The average Bonchev–Trinajstić information content (AvgIpc) is 3.30. The predicted octanol–water partition coefficient (Wildman–Crippen LogP) is 4.22. The van der Waals surface area contributed by atoms with Gasteiger partial charge in [0.25, 0.3) is 5.78 Å². The van der Waals surface area contributed by atoms with E-state index in [0.717, 1.165) is 5.56 Å². The third-order valence-corrected chi connectivity index (χ3v) is 5.35. The molecule has 0 saturated carbocycles. The van der Waals surface area contributed by atoms with Crippen LogP contribution in [-0.4, -0.2) is 21.8 Å². The molecule has 0 bridgehead atoms. The quantitative estimate of drug-likeness (QED) is 0.410. The molecular formula is C21H15FN2O3S. The van der Waals surface area contributed by atoms with E-state index in [4.69, 9.17) is 0 Å². The number of Topliss-reactive ketones (excluding diaryl/α,β-unsaturated/α-hetero) is 1. The van der Waals surface area contributed by atoms with Crippen LogP contribution in [0.3, 0.4) is 0 Å². The van der Waals surface area contributed by atoms with Crippen molar-refractivity contribution in [3.05, 3.63) is 88.2 Å². The Morgan fingerprint density at radius 1 is 1.11 bits per heavy atom. The lowest BCUT2D eigenvalue weighted by Crippen LogP contribution is -2.29. The molecule has 1 fully saturated rings. The summed E-state index contributed by atoms with van der Waals surface area (Å²) in [6.07, 6.45) is 1.53. The lowest BCUT2D eigenvalue weighted by molar-refractivity contribution is -0.132. The molecule has 4 rings (SSSR count). The van der Waals surface area contributed by atoms with Gasteiger partial charge in [0.1, 0.15) is 11.6 Å². The summed E-state index contributed by atoms with van der Waals surface area (Å²) in [5.74, 6) is -2.29. The fourth-order valence-electron chi connectivity index (χ4n) is 3.19. The number of nitrogens with zero attached hydrogens (tertiary/aromatic N) is 2. The van der Waals surface area contributed by atoms with Gasteiger partial charge in [-0.15, -0.1) is 11.3 Å². The number of halogens is 1. The predicted molar refractivity (Wildman–Crippen MR) is 104 cm³/mol. The summed E-state index contributed by atoms with van der Waals surface area (Å²) in [6.45, 7) is 1.91. The van der Waals surface area contributed by atoms with Crippen molar-refractivity contribution in [2.75, 3.05) is 4.90 Å². The summed E-state index contributed by atoms with van der Waals surface area (Å²) in [5, 5.41) is 12.9. The summed E-state index contributed by atoms with van der Waals surface area (Å²) in [4.78, 5) is 31.0. The van der Waals surface area contributed by atoms with Crippen LogP contribution >= 0.6 is 11.3 Å². The molecule has 1 unspecified atom stereocenters. The van der Waals surface area contributed by atoms with Crippen LogP contribution in [0.5, 0.6) is 0 Å². The smallest absolute Gasteiger partial charge is 0.301 e. The van der Waals surface area contributed by atoms with E-state index in [9.17, 15) is 19.1 Å². The third-order valence-electron chi connectivity index (χ3n) is 4.58. The van der Waals surface area contributed by atoms with Crippen molar-refractivity contribution in [1.29, 1.82) is 0 Å². The number of aliphatic hydroxyl groups excluding tert-OH is 1. The maximum absolute atomic E-state index is 13.4. The molecule has 3 aromatic rings.